The van der Waals surface area contributed by atoms with Crippen LogP contribution in [0.1, 0.15) is 33.4 Å². The molecule has 0 radical (unpaired) electrons. The minimum Gasteiger partial charge on any atom is -0.414 e. The van der Waals surface area contributed by atoms with Crippen LogP contribution >= 0.6 is 0 Å². The SMILES string of the molecule is C=CCO[C@H]1C[C@H](n2cnc3c(N=CN(C)C)ncnc32)O[C@@H]1CO[Si](C)(C)C(C)(C)C. The van der Waals surface area contributed by atoms with Crippen molar-refractivity contribution in [1.82, 2.24) is 24.4 Å². The Kier molecular flexibility index (Phi) is 7.49. The Morgan fingerprint density at radius 3 is 2.72 bits per heavy atom. The highest BCUT2D eigenvalue weighted by Crippen LogP contribution is 2.38. The standard InChI is InChI=1S/C22H36N6O3Si/c1-9-10-29-16-11-18(31-17(16)12-30-32(7,8)22(2,3)4)28-15-25-19-20(26-14-27(5)6)23-13-24-21(19)28/h9,13-18H,1,10-12H2,2-8H3/t16-,17+,18+/m0/s1. The predicted molar refractivity (Wildman–Crippen MR) is 129 cm³/mol. The van der Waals surface area contributed by atoms with Crippen molar-refractivity contribution in [3.63, 3.8) is 0 Å². The summed E-state index contributed by atoms with van der Waals surface area (Å²) in [6, 6.07) is 0. The summed E-state index contributed by atoms with van der Waals surface area (Å²) in [4.78, 5) is 19.5. The van der Waals surface area contributed by atoms with E-state index in [0.29, 0.717) is 36.6 Å². The zero-order chi connectivity index (χ0) is 23.5. The second-order valence-corrected chi connectivity index (χ2v) is 14.6. The van der Waals surface area contributed by atoms with Crippen molar-refractivity contribution >= 4 is 31.6 Å². The molecule has 3 rings (SSSR count). The molecule has 1 aliphatic rings. The molecule has 0 bridgehead atoms. The highest BCUT2D eigenvalue weighted by atomic mass is 28.4. The summed E-state index contributed by atoms with van der Waals surface area (Å²) in [5, 5.41) is 0.128. The van der Waals surface area contributed by atoms with Crippen molar-refractivity contribution in [3.05, 3.63) is 25.3 Å². The number of nitrogens with zero attached hydrogens (tertiary/aromatic N) is 6. The van der Waals surface area contributed by atoms with E-state index in [9.17, 15) is 0 Å². The second kappa shape index (κ2) is 9.78. The quantitative estimate of drug-likeness (QED) is 0.242. The number of imidazole rings is 1. The van der Waals surface area contributed by atoms with Gasteiger partial charge in [0, 0.05) is 20.5 Å². The van der Waals surface area contributed by atoms with Crippen LogP contribution in [0.4, 0.5) is 5.82 Å². The Labute approximate surface area is 191 Å². The minimum absolute atomic E-state index is 0.103. The summed E-state index contributed by atoms with van der Waals surface area (Å²) < 4.78 is 20.8. The third-order valence-corrected chi connectivity index (χ3v) is 10.6. The third-order valence-electron chi connectivity index (χ3n) is 6.08. The average Bonchev–Trinajstić information content (AvgIpc) is 3.32. The number of rotatable bonds is 9. The van der Waals surface area contributed by atoms with Crippen LogP contribution < -0.4 is 0 Å². The first-order valence-electron chi connectivity index (χ1n) is 10.9. The molecule has 0 amide bonds. The van der Waals surface area contributed by atoms with Gasteiger partial charge in [-0.05, 0) is 18.1 Å². The van der Waals surface area contributed by atoms with Gasteiger partial charge in [0.1, 0.15) is 18.7 Å². The summed E-state index contributed by atoms with van der Waals surface area (Å²) in [7, 11) is 1.90. The first-order chi connectivity index (χ1) is 15.0. The number of ether oxygens (including phenoxy) is 2. The maximum absolute atomic E-state index is 6.45. The van der Waals surface area contributed by atoms with E-state index in [2.05, 4.69) is 60.4 Å². The van der Waals surface area contributed by atoms with E-state index in [1.165, 1.54) is 6.33 Å². The highest BCUT2D eigenvalue weighted by Gasteiger charge is 2.42. The minimum atomic E-state index is -1.91. The number of aliphatic imine (C=N–C) groups is 1. The van der Waals surface area contributed by atoms with Crippen molar-refractivity contribution in [3.8, 4) is 0 Å². The Bertz CT molecular complexity index is 953. The highest BCUT2D eigenvalue weighted by molar-refractivity contribution is 6.74. The molecule has 10 heteroatoms. The predicted octanol–water partition coefficient (Wildman–Crippen LogP) is 3.93. The van der Waals surface area contributed by atoms with Gasteiger partial charge in [-0.1, -0.05) is 26.8 Å². The van der Waals surface area contributed by atoms with Crippen LogP contribution in [-0.2, 0) is 13.9 Å². The van der Waals surface area contributed by atoms with Gasteiger partial charge in [0.15, 0.2) is 25.3 Å². The van der Waals surface area contributed by atoms with Gasteiger partial charge in [-0.25, -0.2) is 19.9 Å². The molecule has 2 aromatic rings. The van der Waals surface area contributed by atoms with E-state index in [-0.39, 0.29) is 23.5 Å². The lowest BCUT2D eigenvalue weighted by molar-refractivity contribution is -0.0536. The van der Waals surface area contributed by atoms with Crippen LogP contribution in [0.3, 0.4) is 0 Å². The zero-order valence-corrected chi connectivity index (χ0v) is 21.3. The maximum Gasteiger partial charge on any atom is 0.192 e. The van der Waals surface area contributed by atoms with Crippen molar-refractivity contribution in [2.24, 2.45) is 4.99 Å². The largest absolute Gasteiger partial charge is 0.414 e. The number of hydrogen-bond acceptors (Lipinski definition) is 7. The summed E-state index contributed by atoms with van der Waals surface area (Å²) in [5.74, 6) is 0.526. The molecule has 1 saturated heterocycles. The fourth-order valence-corrected chi connectivity index (χ4v) is 4.22. The van der Waals surface area contributed by atoms with E-state index in [1.54, 1.807) is 18.7 Å². The van der Waals surface area contributed by atoms with E-state index >= 15 is 0 Å². The second-order valence-electron chi connectivity index (χ2n) is 9.83. The lowest BCUT2D eigenvalue weighted by atomic mass is 10.2. The molecule has 176 valence electrons. The molecule has 0 aliphatic carbocycles. The fraction of sp³-hybridized carbons (Fsp3) is 0.636. The van der Waals surface area contributed by atoms with Crippen LogP contribution in [0, 0.1) is 0 Å². The van der Waals surface area contributed by atoms with Crippen LogP contribution in [-0.4, -0.2) is 78.6 Å². The van der Waals surface area contributed by atoms with E-state index in [4.69, 9.17) is 13.9 Å². The molecule has 0 aromatic carbocycles. The summed E-state index contributed by atoms with van der Waals surface area (Å²) in [6.07, 6.45) is 6.82. The van der Waals surface area contributed by atoms with Crippen LogP contribution in [0.25, 0.3) is 11.2 Å². The van der Waals surface area contributed by atoms with Crippen molar-refractivity contribution in [2.75, 3.05) is 27.3 Å². The van der Waals surface area contributed by atoms with E-state index in [0.717, 1.165) is 0 Å². The molecule has 2 aromatic heterocycles. The molecule has 9 nitrogen and oxygen atoms in total. The molecule has 32 heavy (non-hydrogen) atoms. The smallest absolute Gasteiger partial charge is 0.192 e. The average molecular weight is 461 g/mol. The Morgan fingerprint density at radius 1 is 1.31 bits per heavy atom. The maximum atomic E-state index is 6.45. The molecular weight excluding hydrogens is 424 g/mol. The molecule has 1 fully saturated rings. The summed E-state index contributed by atoms with van der Waals surface area (Å²) >= 11 is 0. The van der Waals surface area contributed by atoms with Crippen LogP contribution in [0.15, 0.2) is 30.3 Å². The van der Waals surface area contributed by atoms with Crippen molar-refractivity contribution in [1.29, 1.82) is 0 Å². The first-order valence-corrected chi connectivity index (χ1v) is 13.8. The number of hydrogen-bond donors (Lipinski definition) is 0. The lowest BCUT2D eigenvalue weighted by Gasteiger charge is -2.37. The molecule has 0 saturated carbocycles. The molecule has 0 N–H and O–H groups in total. The molecular formula is C22H36N6O3Si. The summed E-state index contributed by atoms with van der Waals surface area (Å²) in [5.41, 5.74) is 1.32. The van der Waals surface area contributed by atoms with Gasteiger partial charge in [-0.2, -0.15) is 0 Å². The van der Waals surface area contributed by atoms with Gasteiger partial charge in [0.25, 0.3) is 0 Å². The lowest BCUT2D eigenvalue weighted by Crippen LogP contribution is -2.44. The van der Waals surface area contributed by atoms with E-state index < -0.39 is 8.32 Å². The molecule has 1 aliphatic heterocycles. The third kappa shape index (κ3) is 5.43. The Hall–Kier alpha value is -2.14. The number of fused-ring (bicyclic) bond motifs is 1. The Balaban J connectivity index is 1.82. The van der Waals surface area contributed by atoms with Crippen LogP contribution in [0.2, 0.25) is 18.1 Å². The fourth-order valence-electron chi connectivity index (χ4n) is 3.21. The van der Waals surface area contributed by atoms with Crippen molar-refractivity contribution in [2.45, 2.75) is 63.8 Å². The summed E-state index contributed by atoms with van der Waals surface area (Å²) in [6.45, 7) is 15.9. The molecule has 0 spiro atoms. The van der Waals surface area contributed by atoms with Crippen molar-refractivity contribution < 1.29 is 13.9 Å². The Morgan fingerprint density at radius 2 is 2.06 bits per heavy atom. The van der Waals surface area contributed by atoms with Gasteiger partial charge in [-0.15, -0.1) is 6.58 Å². The van der Waals surface area contributed by atoms with Gasteiger partial charge in [0.05, 0.1) is 32.0 Å². The number of aromatic nitrogens is 4. The van der Waals surface area contributed by atoms with Gasteiger partial charge >= 0.3 is 0 Å². The molecule has 3 atom stereocenters. The van der Waals surface area contributed by atoms with E-state index in [1.807, 2.05) is 23.6 Å². The van der Waals surface area contributed by atoms with Crippen LogP contribution in [0.5, 0.6) is 0 Å². The normalized spacial score (nSPS) is 22.2. The first kappa shape index (κ1) is 24.5. The topological polar surface area (TPSA) is 86.9 Å². The monoisotopic (exact) mass is 460 g/mol. The van der Waals surface area contributed by atoms with Gasteiger partial charge in [0.2, 0.25) is 0 Å². The molecule has 0 unspecified atom stereocenters. The molecule has 3 heterocycles. The van der Waals surface area contributed by atoms with Gasteiger partial charge in [-0.3, -0.25) is 4.57 Å². The van der Waals surface area contributed by atoms with Gasteiger partial charge < -0.3 is 18.8 Å². The zero-order valence-electron chi connectivity index (χ0n) is 20.3.